The fourth-order valence-electron chi connectivity index (χ4n) is 3.78. The van der Waals surface area contributed by atoms with Crippen molar-refractivity contribution >= 4 is 23.2 Å². The van der Waals surface area contributed by atoms with Gasteiger partial charge in [-0.2, -0.15) is 4.80 Å². The van der Waals surface area contributed by atoms with Gasteiger partial charge in [-0.25, -0.2) is 0 Å². The van der Waals surface area contributed by atoms with E-state index in [4.69, 9.17) is 16.3 Å². The molecule has 0 radical (unpaired) electrons. The quantitative estimate of drug-likeness (QED) is 0.585. The fraction of sp³-hybridized carbons (Fsp3) is 0.364. The second-order valence-corrected chi connectivity index (χ2v) is 7.78. The Kier molecular flexibility index (Phi) is 6.36. The predicted octanol–water partition coefficient (Wildman–Crippen LogP) is 3.30. The topological polar surface area (TPSA) is 76.4 Å². The van der Waals surface area contributed by atoms with Crippen LogP contribution in [0.5, 0.6) is 5.75 Å². The van der Waals surface area contributed by atoms with Gasteiger partial charge in [0.2, 0.25) is 11.7 Å². The summed E-state index contributed by atoms with van der Waals surface area (Å²) in [5.74, 6) is 1.33. The predicted molar refractivity (Wildman–Crippen MR) is 119 cm³/mol. The molecule has 0 saturated carbocycles. The first-order valence-corrected chi connectivity index (χ1v) is 10.7. The molecule has 1 saturated heterocycles. The molecule has 1 fully saturated rings. The number of anilines is 1. The van der Waals surface area contributed by atoms with Gasteiger partial charge in [-0.15, -0.1) is 10.2 Å². The summed E-state index contributed by atoms with van der Waals surface area (Å²) in [6, 6.07) is 14.7. The molecule has 0 unspecified atom stereocenters. The maximum absolute atomic E-state index is 13.2. The molecule has 3 aromatic rings. The van der Waals surface area contributed by atoms with Gasteiger partial charge in [-0.05, 0) is 48.0 Å². The van der Waals surface area contributed by atoms with E-state index in [1.54, 1.807) is 19.2 Å². The Morgan fingerprint density at radius 2 is 1.81 bits per heavy atom. The third-order valence-electron chi connectivity index (χ3n) is 5.50. The number of halogens is 1. The molecule has 1 atom stereocenters. The third kappa shape index (κ3) is 4.49. The lowest BCUT2D eigenvalue weighted by Crippen LogP contribution is -2.50. The molecule has 0 N–H and O–H groups in total. The van der Waals surface area contributed by atoms with Crippen molar-refractivity contribution < 1.29 is 9.53 Å². The van der Waals surface area contributed by atoms with E-state index in [0.29, 0.717) is 30.4 Å². The number of tetrazole rings is 1. The zero-order valence-corrected chi connectivity index (χ0v) is 18.4. The van der Waals surface area contributed by atoms with Crippen LogP contribution in [0.1, 0.15) is 19.4 Å². The summed E-state index contributed by atoms with van der Waals surface area (Å²) in [6.07, 6.45) is 0.585. The van der Waals surface area contributed by atoms with Crippen LogP contribution in [0.15, 0.2) is 48.5 Å². The molecule has 2 heterocycles. The van der Waals surface area contributed by atoms with Crippen LogP contribution >= 0.6 is 11.6 Å². The van der Waals surface area contributed by atoms with E-state index in [2.05, 4.69) is 20.3 Å². The largest absolute Gasteiger partial charge is 0.495 e. The molecule has 4 rings (SSSR count). The zero-order chi connectivity index (χ0) is 21.8. The lowest BCUT2D eigenvalue weighted by atomic mass is 10.1. The van der Waals surface area contributed by atoms with Gasteiger partial charge in [-0.3, -0.25) is 4.79 Å². The van der Waals surface area contributed by atoms with Crippen molar-refractivity contribution in [2.75, 3.05) is 38.2 Å². The number of amides is 1. The number of carbonyl (C=O) groups excluding carboxylic acids is 1. The third-order valence-corrected chi connectivity index (χ3v) is 5.75. The maximum Gasteiger partial charge on any atom is 0.249 e. The lowest BCUT2D eigenvalue weighted by molar-refractivity contribution is -0.135. The number of carbonyl (C=O) groups is 1. The van der Waals surface area contributed by atoms with Gasteiger partial charge in [0.1, 0.15) is 5.75 Å². The zero-order valence-electron chi connectivity index (χ0n) is 17.6. The van der Waals surface area contributed by atoms with Crippen LogP contribution < -0.4 is 9.64 Å². The lowest BCUT2D eigenvalue weighted by Gasteiger charge is -2.37. The highest BCUT2D eigenvalue weighted by Crippen LogP contribution is 2.29. The normalized spacial score (nSPS) is 15.1. The smallest absolute Gasteiger partial charge is 0.249 e. The van der Waals surface area contributed by atoms with Crippen molar-refractivity contribution in [2.45, 2.75) is 19.4 Å². The second-order valence-electron chi connectivity index (χ2n) is 7.35. The SMILES string of the molecule is CC[C@@H](C(=O)N1CCN(c2ccccc2OC)CC1)n1nnc(-c2ccc(Cl)cc2)n1. The van der Waals surface area contributed by atoms with E-state index < -0.39 is 6.04 Å². The molecule has 0 spiro atoms. The number of para-hydroxylation sites is 2. The van der Waals surface area contributed by atoms with Crippen LogP contribution in [0.4, 0.5) is 5.69 Å². The minimum absolute atomic E-state index is 0.0160. The van der Waals surface area contributed by atoms with Gasteiger partial charge in [0.05, 0.1) is 12.8 Å². The summed E-state index contributed by atoms with van der Waals surface area (Å²) in [5.41, 5.74) is 1.86. The van der Waals surface area contributed by atoms with Crippen molar-refractivity contribution in [1.29, 1.82) is 0 Å². The maximum atomic E-state index is 13.2. The van der Waals surface area contributed by atoms with E-state index >= 15 is 0 Å². The van der Waals surface area contributed by atoms with E-state index in [0.717, 1.165) is 30.1 Å². The average molecular weight is 441 g/mol. The van der Waals surface area contributed by atoms with Crippen LogP contribution in [0.2, 0.25) is 5.02 Å². The van der Waals surface area contributed by atoms with Crippen LogP contribution in [0.3, 0.4) is 0 Å². The number of methoxy groups -OCH3 is 1. The Hall–Kier alpha value is -3.13. The van der Waals surface area contributed by atoms with Crippen molar-refractivity contribution in [3.8, 4) is 17.1 Å². The second kappa shape index (κ2) is 9.34. The van der Waals surface area contributed by atoms with Crippen molar-refractivity contribution in [1.82, 2.24) is 25.1 Å². The fourth-order valence-corrected chi connectivity index (χ4v) is 3.90. The van der Waals surface area contributed by atoms with Gasteiger partial charge in [0, 0.05) is 36.8 Å². The first-order valence-electron chi connectivity index (χ1n) is 10.3. The van der Waals surface area contributed by atoms with E-state index in [-0.39, 0.29) is 5.91 Å². The van der Waals surface area contributed by atoms with Crippen LogP contribution in [-0.2, 0) is 4.79 Å². The molecule has 1 aliphatic heterocycles. The molecule has 162 valence electrons. The number of aromatic nitrogens is 4. The standard InChI is InChI=1S/C22H25ClN6O2/c1-3-18(29-25-21(24-26-29)16-8-10-17(23)11-9-16)22(30)28-14-12-27(13-15-28)19-6-4-5-7-20(19)31-2/h4-11,18H,3,12-15H2,1-2H3/t18-/m0/s1. The number of ether oxygens (including phenoxy) is 1. The highest BCUT2D eigenvalue weighted by Gasteiger charge is 2.30. The molecular weight excluding hydrogens is 416 g/mol. The van der Waals surface area contributed by atoms with Gasteiger partial charge in [-0.1, -0.05) is 30.7 Å². The Morgan fingerprint density at radius 1 is 1.10 bits per heavy atom. The summed E-state index contributed by atoms with van der Waals surface area (Å²) < 4.78 is 5.48. The number of hydrogen-bond acceptors (Lipinski definition) is 6. The van der Waals surface area contributed by atoms with Crippen molar-refractivity contribution in [3.05, 3.63) is 53.6 Å². The summed E-state index contributed by atoms with van der Waals surface area (Å²) in [6.45, 7) is 4.70. The monoisotopic (exact) mass is 440 g/mol. The molecule has 31 heavy (non-hydrogen) atoms. The summed E-state index contributed by atoms with van der Waals surface area (Å²) >= 11 is 5.95. The number of hydrogen-bond donors (Lipinski definition) is 0. The first kappa shape index (κ1) is 21.1. The molecule has 0 bridgehead atoms. The van der Waals surface area contributed by atoms with Gasteiger partial charge < -0.3 is 14.5 Å². The molecule has 9 heteroatoms. The average Bonchev–Trinajstić information content (AvgIpc) is 3.30. The number of piperazine rings is 1. The summed E-state index contributed by atoms with van der Waals surface area (Å²) in [7, 11) is 1.67. The van der Waals surface area contributed by atoms with Crippen molar-refractivity contribution in [3.63, 3.8) is 0 Å². The molecule has 2 aromatic carbocycles. The molecule has 1 amide bonds. The van der Waals surface area contributed by atoms with Crippen molar-refractivity contribution in [2.24, 2.45) is 0 Å². The van der Waals surface area contributed by atoms with Crippen LogP contribution in [0, 0.1) is 0 Å². The highest BCUT2D eigenvalue weighted by molar-refractivity contribution is 6.30. The van der Waals surface area contributed by atoms with Gasteiger partial charge in [0.15, 0.2) is 6.04 Å². The Labute approximate surface area is 186 Å². The molecule has 8 nitrogen and oxygen atoms in total. The number of benzene rings is 2. The van der Waals surface area contributed by atoms with E-state index in [9.17, 15) is 4.79 Å². The van der Waals surface area contributed by atoms with Crippen LogP contribution in [-0.4, -0.2) is 64.3 Å². The van der Waals surface area contributed by atoms with E-state index in [1.165, 1.54) is 4.80 Å². The Bertz CT molecular complexity index is 1030. The Morgan fingerprint density at radius 3 is 2.48 bits per heavy atom. The molecule has 1 aromatic heterocycles. The summed E-state index contributed by atoms with van der Waals surface area (Å²) in [5, 5.41) is 13.4. The Balaban J connectivity index is 1.43. The molecule has 0 aliphatic carbocycles. The van der Waals surface area contributed by atoms with Gasteiger partial charge in [0.25, 0.3) is 0 Å². The minimum atomic E-state index is -0.480. The highest BCUT2D eigenvalue weighted by atomic mass is 35.5. The minimum Gasteiger partial charge on any atom is -0.495 e. The molecular formula is C22H25ClN6O2. The first-order chi connectivity index (χ1) is 15.1. The number of rotatable bonds is 6. The molecule has 1 aliphatic rings. The number of nitrogens with zero attached hydrogens (tertiary/aromatic N) is 6. The van der Waals surface area contributed by atoms with E-state index in [1.807, 2.05) is 48.2 Å². The van der Waals surface area contributed by atoms with Gasteiger partial charge >= 0.3 is 0 Å². The van der Waals surface area contributed by atoms with Crippen LogP contribution in [0.25, 0.3) is 11.4 Å². The summed E-state index contributed by atoms with van der Waals surface area (Å²) in [4.78, 5) is 18.8.